The van der Waals surface area contributed by atoms with Crippen molar-refractivity contribution in [3.63, 3.8) is 0 Å². The summed E-state index contributed by atoms with van der Waals surface area (Å²) in [5.41, 5.74) is 0. The smallest absolute Gasteiger partial charge is 1.00 e. The molecule has 0 aromatic carbocycles. The first-order valence-corrected chi connectivity index (χ1v) is 21.2. The van der Waals surface area contributed by atoms with E-state index in [1.54, 1.807) is 0 Å². The van der Waals surface area contributed by atoms with Crippen molar-refractivity contribution >= 4 is 32.5 Å². The Morgan fingerprint density at radius 2 is 0.833 bits per heavy atom. The predicted octanol–water partition coefficient (Wildman–Crippen LogP) is 6.06. The Morgan fingerprint density at radius 3 is 1.17 bits per heavy atom. The van der Waals surface area contributed by atoms with E-state index >= 15 is 0 Å². The summed E-state index contributed by atoms with van der Waals surface area (Å²) in [6.45, 7) is 6.83. The average Bonchev–Trinajstić information content (AvgIpc) is 3.00. The van der Waals surface area contributed by atoms with Gasteiger partial charge in [-0.3, -0.25) is 18.7 Å². The van der Waals surface area contributed by atoms with Crippen molar-refractivity contribution in [1.82, 2.24) is 0 Å². The van der Waals surface area contributed by atoms with E-state index < -0.39 is 44.1 Å². The molecule has 48 heavy (non-hydrogen) atoms. The van der Waals surface area contributed by atoms with Crippen LogP contribution in [0, 0.1) is 0 Å². The fraction of sp³-hybridized carbons (Fsp3) is 0.941. The molecule has 1 atom stereocenters. The number of rotatable bonds is 32. The predicted molar refractivity (Wildman–Crippen MR) is 188 cm³/mol. The van der Waals surface area contributed by atoms with E-state index in [4.69, 9.17) is 14.0 Å². The van der Waals surface area contributed by atoms with Crippen LogP contribution in [0.3, 0.4) is 0 Å². The minimum atomic E-state index is -4.73. The van der Waals surface area contributed by atoms with E-state index in [0.717, 1.165) is 70.6 Å². The number of carbonyl (C=O) groups is 2. The number of carbonyl (C=O) groups excluding carboxylic acids is 2. The molecular formula is C34H69NaO11S2. The molecule has 0 heterocycles. The van der Waals surface area contributed by atoms with E-state index in [2.05, 4.69) is 25.0 Å². The second-order valence-electron chi connectivity index (χ2n) is 12.3. The maximum absolute atomic E-state index is 12.0. The van der Waals surface area contributed by atoms with E-state index in [0.29, 0.717) is 19.3 Å². The molecule has 0 spiro atoms. The van der Waals surface area contributed by atoms with E-state index in [1.165, 1.54) is 64.2 Å². The number of esters is 2. The van der Waals surface area contributed by atoms with Crippen molar-refractivity contribution in [3.05, 3.63) is 0 Å². The van der Waals surface area contributed by atoms with Crippen LogP contribution in [0.5, 0.6) is 0 Å². The van der Waals surface area contributed by atoms with Crippen LogP contribution < -0.4 is 29.6 Å². The first-order chi connectivity index (χ1) is 22.4. The molecule has 0 radical (unpaired) electrons. The maximum Gasteiger partial charge on any atom is 1.00 e. The first-order valence-electron chi connectivity index (χ1n) is 18.3. The van der Waals surface area contributed by atoms with Gasteiger partial charge in [0.05, 0.1) is 26.2 Å². The third kappa shape index (κ3) is 40.2. The van der Waals surface area contributed by atoms with Crippen LogP contribution in [0.1, 0.15) is 183 Å². The van der Waals surface area contributed by atoms with Gasteiger partial charge in [-0.05, 0) is 19.3 Å². The fourth-order valence-corrected chi connectivity index (χ4v) is 5.83. The van der Waals surface area contributed by atoms with Crippen LogP contribution in [-0.2, 0) is 43.8 Å². The van der Waals surface area contributed by atoms with Crippen LogP contribution in [0.25, 0.3) is 0 Å². The van der Waals surface area contributed by atoms with Crippen LogP contribution in [0.2, 0.25) is 0 Å². The Hall–Kier alpha value is -0.280. The molecule has 0 rings (SSSR count). The third-order valence-corrected chi connectivity index (χ3v) is 9.25. The Bertz CT molecular complexity index is 952. The van der Waals surface area contributed by atoms with Crippen LogP contribution >= 0.6 is 0 Å². The Labute approximate surface area is 317 Å². The summed E-state index contributed by atoms with van der Waals surface area (Å²) < 4.78 is 75.2. The molecule has 0 aliphatic rings. The Kier molecular flexibility index (Phi) is 39.6. The van der Waals surface area contributed by atoms with Crippen molar-refractivity contribution < 1.29 is 80.2 Å². The van der Waals surface area contributed by atoms with Gasteiger partial charge in [0.15, 0.2) is 5.25 Å². The molecule has 11 nitrogen and oxygen atoms in total. The minimum Gasteiger partial charge on any atom is -1.00 e. The van der Waals surface area contributed by atoms with Gasteiger partial charge < -0.3 is 10.9 Å². The van der Waals surface area contributed by atoms with Crippen LogP contribution in [0.4, 0.5) is 0 Å². The number of unbranched alkanes of at least 4 members (excludes halogenated alkanes) is 21. The van der Waals surface area contributed by atoms with Gasteiger partial charge in [-0.25, -0.2) is 4.18 Å². The second-order valence-corrected chi connectivity index (χ2v) is 15.0. The van der Waals surface area contributed by atoms with Gasteiger partial charge in [0.2, 0.25) is 0 Å². The van der Waals surface area contributed by atoms with E-state index in [1.807, 2.05) is 0 Å². The summed E-state index contributed by atoms with van der Waals surface area (Å²) in [5.74, 6) is -1.93. The molecule has 0 bridgehead atoms. The maximum atomic E-state index is 12.0. The molecule has 14 heteroatoms. The van der Waals surface area contributed by atoms with Gasteiger partial charge in [-0.15, -0.1) is 0 Å². The summed E-state index contributed by atoms with van der Waals surface area (Å²) in [6, 6.07) is 0. The molecule has 0 aromatic heterocycles. The largest absolute Gasteiger partial charge is 1.00 e. The zero-order valence-electron chi connectivity index (χ0n) is 31.8. The topological polar surface area (TPSA) is 171 Å². The van der Waals surface area contributed by atoms with Crippen molar-refractivity contribution in [3.8, 4) is 0 Å². The van der Waals surface area contributed by atoms with E-state index in [-0.39, 0.29) is 50.8 Å². The number of hydrogen-bond donors (Lipinski definition) is 2. The Balaban J connectivity index is -0.000000424. The molecule has 0 saturated heterocycles. The standard InChI is InChI=1S/C20H38O7S.C14H30O4S.Na.H/c1-3-5-7-9-11-13-15-26-19(21)17-18(28(23,24)25)20(22)27-16-14-12-10-8-6-4-2;1-2-3-4-5-6-7-8-9-10-11-12-13-14-18-19(15,16)17;;/h18H,3-17H2,1-2H3,(H,23,24,25);2-14H2,1H3,(H,15,16,17);;/q;;+1;-1. The summed E-state index contributed by atoms with van der Waals surface area (Å²) >= 11 is 0. The zero-order chi connectivity index (χ0) is 35.7. The molecule has 0 aliphatic carbocycles. The Morgan fingerprint density at radius 1 is 0.521 bits per heavy atom. The average molecular weight is 741 g/mol. The van der Waals surface area contributed by atoms with Gasteiger partial charge in [0, 0.05) is 0 Å². The van der Waals surface area contributed by atoms with Crippen molar-refractivity contribution in [2.75, 3.05) is 19.8 Å². The quantitative estimate of drug-likeness (QED) is 0.0356. The first kappa shape index (κ1) is 52.1. The van der Waals surface area contributed by atoms with Crippen molar-refractivity contribution in [1.29, 1.82) is 0 Å². The molecule has 0 aromatic rings. The molecule has 0 fully saturated rings. The normalized spacial score (nSPS) is 12.0. The molecule has 0 amide bonds. The second kappa shape index (κ2) is 36.5. The van der Waals surface area contributed by atoms with Gasteiger partial charge in [0.1, 0.15) is 0 Å². The van der Waals surface area contributed by atoms with E-state index in [9.17, 15) is 31.0 Å². The summed E-state index contributed by atoms with van der Waals surface area (Å²) in [6.07, 6.45) is 26.0. The minimum absolute atomic E-state index is 0. The SMILES string of the molecule is CCCCCCCCCCCCCCOS(=O)(=O)O.CCCCCCCCOC(=O)CC(C(=O)OCCCCCCCC)S(=O)(=O)O.[H-].[Na+]. The van der Waals surface area contributed by atoms with Crippen molar-refractivity contribution in [2.24, 2.45) is 0 Å². The van der Waals surface area contributed by atoms with Crippen LogP contribution in [-0.4, -0.2) is 63.0 Å². The van der Waals surface area contributed by atoms with Gasteiger partial charge >= 0.3 is 51.9 Å². The molecule has 0 saturated carbocycles. The molecule has 2 N–H and O–H groups in total. The number of hydrogen-bond acceptors (Lipinski definition) is 9. The van der Waals surface area contributed by atoms with Gasteiger partial charge in [-0.2, -0.15) is 16.8 Å². The van der Waals surface area contributed by atoms with Gasteiger partial charge in [0.25, 0.3) is 10.1 Å². The monoisotopic (exact) mass is 740 g/mol. The number of ether oxygens (including phenoxy) is 2. The molecule has 1 unspecified atom stereocenters. The fourth-order valence-electron chi connectivity index (χ4n) is 4.84. The van der Waals surface area contributed by atoms with Gasteiger partial charge in [-0.1, -0.05) is 156 Å². The summed E-state index contributed by atoms with van der Waals surface area (Å²) in [7, 11) is -8.97. The molecule has 284 valence electrons. The molecular weight excluding hydrogens is 671 g/mol. The third-order valence-electron chi connectivity index (χ3n) is 7.71. The van der Waals surface area contributed by atoms with Crippen LogP contribution in [0.15, 0.2) is 0 Å². The zero-order valence-corrected chi connectivity index (χ0v) is 34.4. The van der Waals surface area contributed by atoms with Crippen molar-refractivity contribution in [2.45, 2.75) is 187 Å². The summed E-state index contributed by atoms with van der Waals surface area (Å²) in [4.78, 5) is 23.8. The summed E-state index contributed by atoms with van der Waals surface area (Å²) in [5, 5.41) is -1.93. The molecule has 0 aliphatic heterocycles.